The SMILES string of the molecule is CCC(=O)NC1CCCN(Cc2cccc3ccccc23)C1. The second kappa shape index (κ2) is 6.93. The van der Waals surface area contributed by atoms with E-state index in [4.69, 9.17) is 0 Å². The fourth-order valence-electron chi connectivity index (χ4n) is 3.32. The van der Waals surface area contributed by atoms with Gasteiger partial charge in [0.2, 0.25) is 5.91 Å². The van der Waals surface area contributed by atoms with Crippen LogP contribution >= 0.6 is 0 Å². The highest BCUT2D eigenvalue weighted by Crippen LogP contribution is 2.21. The quantitative estimate of drug-likeness (QED) is 0.938. The van der Waals surface area contributed by atoms with Gasteiger partial charge in [-0.15, -0.1) is 0 Å². The van der Waals surface area contributed by atoms with Gasteiger partial charge in [-0.2, -0.15) is 0 Å². The lowest BCUT2D eigenvalue weighted by atomic mass is 10.0. The minimum atomic E-state index is 0.164. The molecular weight excluding hydrogens is 272 g/mol. The molecule has 2 aromatic rings. The third-order valence-corrected chi connectivity index (χ3v) is 4.47. The number of rotatable bonds is 4. The molecule has 3 rings (SSSR count). The fourth-order valence-corrected chi connectivity index (χ4v) is 3.32. The summed E-state index contributed by atoms with van der Waals surface area (Å²) in [4.78, 5) is 14.1. The Kier molecular flexibility index (Phi) is 4.74. The van der Waals surface area contributed by atoms with Crippen LogP contribution in [0.1, 0.15) is 31.7 Å². The van der Waals surface area contributed by atoms with E-state index in [0.29, 0.717) is 12.5 Å². The van der Waals surface area contributed by atoms with Crippen LogP contribution in [-0.4, -0.2) is 29.9 Å². The molecule has 3 heteroatoms. The van der Waals surface area contributed by atoms with Gasteiger partial charge in [0.05, 0.1) is 0 Å². The van der Waals surface area contributed by atoms with E-state index in [-0.39, 0.29) is 5.91 Å². The Bertz CT molecular complexity index is 647. The molecule has 1 atom stereocenters. The maximum absolute atomic E-state index is 11.6. The third kappa shape index (κ3) is 3.47. The number of amides is 1. The van der Waals surface area contributed by atoms with Gasteiger partial charge in [-0.05, 0) is 35.7 Å². The summed E-state index contributed by atoms with van der Waals surface area (Å²) in [5.74, 6) is 0.164. The van der Waals surface area contributed by atoms with Crippen LogP contribution < -0.4 is 5.32 Å². The van der Waals surface area contributed by atoms with Crippen LogP contribution in [-0.2, 0) is 11.3 Å². The first-order valence-electron chi connectivity index (χ1n) is 8.24. The maximum Gasteiger partial charge on any atom is 0.219 e. The molecule has 1 aliphatic heterocycles. The highest BCUT2D eigenvalue weighted by atomic mass is 16.1. The summed E-state index contributed by atoms with van der Waals surface area (Å²) in [5.41, 5.74) is 1.38. The molecule has 0 saturated carbocycles. The Morgan fingerprint density at radius 2 is 2.05 bits per heavy atom. The van der Waals surface area contributed by atoms with E-state index < -0.39 is 0 Å². The van der Waals surface area contributed by atoms with Crippen LogP contribution in [0.5, 0.6) is 0 Å². The molecule has 0 aromatic heterocycles. The van der Waals surface area contributed by atoms with Gasteiger partial charge in [0, 0.05) is 25.6 Å². The zero-order valence-corrected chi connectivity index (χ0v) is 13.2. The van der Waals surface area contributed by atoms with Crippen LogP contribution in [0.15, 0.2) is 42.5 Å². The van der Waals surface area contributed by atoms with E-state index >= 15 is 0 Å². The lowest BCUT2D eigenvalue weighted by molar-refractivity contribution is -0.121. The summed E-state index contributed by atoms with van der Waals surface area (Å²) in [6, 6.07) is 15.4. The first kappa shape index (κ1) is 15.0. The van der Waals surface area contributed by atoms with Crippen molar-refractivity contribution in [3.8, 4) is 0 Å². The number of carbonyl (C=O) groups excluding carboxylic acids is 1. The van der Waals surface area contributed by atoms with E-state index in [2.05, 4.69) is 52.7 Å². The van der Waals surface area contributed by atoms with Crippen LogP contribution in [0.3, 0.4) is 0 Å². The van der Waals surface area contributed by atoms with Crippen molar-refractivity contribution in [1.29, 1.82) is 0 Å². The molecule has 1 saturated heterocycles. The predicted molar refractivity (Wildman–Crippen MR) is 90.7 cm³/mol. The summed E-state index contributed by atoms with van der Waals surface area (Å²) in [6.07, 6.45) is 2.82. The van der Waals surface area contributed by atoms with Crippen LogP contribution in [0, 0.1) is 0 Å². The number of piperidine rings is 1. The smallest absolute Gasteiger partial charge is 0.219 e. The number of benzene rings is 2. The molecule has 1 N–H and O–H groups in total. The Morgan fingerprint density at radius 3 is 2.91 bits per heavy atom. The van der Waals surface area contributed by atoms with Crippen molar-refractivity contribution in [1.82, 2.24) is 10.2 Å². The molecule has 22 heavy (non-hydrogen) atoms. The van der Waals surface area contributed by atoms with Gasteiger partial charge >= 0.3 is 0 Å². The van der Waals surface area contributed by atoms with E-state index in [1.54, 1.807) is 0 Å². The number of hydrogen-bond acceptors (Lipinski definition) is 2. The van der Waals surface area contributed by atoms with Crippen molar-refractivity contribution in [2.75, 3.05) is 13.1 Å². The number of nitrogens with zero attached hydrogens (tertiary/aromatic N) is 1. The van der Waals surface area contributed by atoms with Crippen molar-refractivity contribution in [2.45, 2.75) is 38.8 Å². The van der Waals surface area contributed by atoms with Crippen LogP contribution in [0.4, 0.5) is 0 Å². The monoisotopic (exact) mass is 296 g/mol. The third-order valence-electron chi connectivity index (χ3n) is 4.47. The molecule has 1 fully saturated rings. The standard InChI is InChI=1S/C19H24N2O/c1-2-19(22)20-17-10-6-12-21(14-17)13-16-9-5-8-15-7-3-4-11-18(15)16/h3-5,7-9,11,17H,2,6,10,12-14H2,1H3,(H,20,22). The lowest BCUT2D eigenvalue weighted by Crippen LogP contribution is -2.47. The molecule has 0 aliphatic carbocycles. The molecule has 0 spiro atoms. The minimum Gasteiger partial charge on any atom is -0.352 e. The lowest BCUT2D eigenvalue weighted by Gasteiger charge is -2.33. The topological polar surface area (TPSA) is 32.3 Å². The van der Waals surface area contributed by atoms with E-state index in [9.17, 15) is 4.79 Å². The van der Waals surface area contributed by atoms with Crippen molar-refractivity contribution in [2.24, 2.45) is 0 Å². The van der Waals surface area contributed by atoms with Crippen molar-refractivity contribution < 1.29 is 4.79 Å². The summed E-state index contributed by atoms with van der Waals surface area (Å²) in [6.45, 7) is 4.93. The first-order chi connectivity index (χ1) is 10.8. The van der Waals surface area contributed by atoms with Gasteiger partial charge in [-0.25, -0.2) is 0 Å². The zero-order chi connectivity index (χ0) is 15.4. The molecule has 1 heterocycles. The highest BCUT2D eigenvalue weighted by Gasteiger charge is 2.21. The Morgan fingerprint density at radius 1 is 1.23 bits per heavy atom. The predicted octanol–water partition coefficient (Wildman–Crippen LogP) is 3.33. The average molecular weight is 296 g/mol. The Balaban J connectivity index is 1.70. The summed E-state index contributed by atoms with van der Waals surface area (Å²) in [7, 11) is 0. The Hall–Kier alpha value is -1.87. The van der Waals surface area contributed by atoms with Gasteiger partial charge < -0.3 is 5.32 Å². The Labute approximate surface area is 132 Å². The first-order valence-corrected chi connectivity index (χ1v) is 8.24. The fraction of sp³-hybridized carbons (Fsp3) is 0.421. The number of likely N-dealkylation sites (tertiary alicyclic amines) is 1. The van der Waals surface area contributed by atoms with Gasteiger partial charge in [0.1, 0.15) is 0 Å². The largest absolute Gasteiger partial charge is 0.352 e. The highest BCUT2D eigenvalue weighted by molar-refractivity contribution is 5.85. The van der Waals surface area contributed by atoms with Gasteiger partial charge in [-0.3, -0.25) is 9.69 Å². The second-order valence-electron chi connectivity index (χ2n) is 6.13. The van der Waals surface area contributed by atoms with Crippen LogP contribution in [0.2, 0.25) is 0 Å². The minimum absolute atomic E-state index is 0.164. The maximum atomic E-state index is 11.6. The molecule has 2 aromatic carbocycles. The number of carbonyl (C=O) groups is 1. The molecule has 116 valence electrons. The molecular formula is C19H24N2O. The molecule has 1 amide bonds. The molecule has 3 nitrogen and oxygen atoms in total. The van der Waals surface area contributed by atoms with Crippen LogP contribution in [0.25, 0.3) is 10.8 Å². The van der Waals surface area contributed by atoms with Gasteiger partial charge in [-0.1, -0.05) is 49.4 Å². The van der Waals surface area contributed by atoms with E-state index in [1.807, 2.05) is 6.92 Å². The number of hydrogen-bond donors (Lipinski definition) is 1. The summed E-state index contributed by atoms with van der Waals surface area (Å²) >= 11 is 0. The van der Waals surface area contributed by atoms with E-state index in [1.165, 1.54) is 16.3 Å². The molecule has 0 bridgehead atoms. The summed E-state index contributed by atoms with van der Waals surface area (Å²) < 4.78 is 0. The zero-order valence-electron chi connectivity index (χ0n) is 13.2. The number of fused-ring (bicyclic) bond motifs is 1. The molecule has 1 aliphatic rings. The molecule has 0 radical (unpaired) electrons. The van der Waals surface area contributed by atoms with Gasteiger partial charge in [0.15, 0.2) is 0 Å². The molecule has 1 unspecified atom stereocenters. The van der Waals surface area contributed by atoms with Crippen molar-refractivity contribution in [3.05, 3.63) is 48.0 Å². The second-order valence-corrected chi connectivity index (χ2v) is 6.13. The van der Waals surface area contributed by atoms with Crippen molar-refractivity contribution in [3.63, 3.8) is 0 Å². The van der Waals surface area contributed by atoms with Crippen molar-refractivity contribution >= 4 is 16.7 Å². The van der Waals surface area contributed by atoms with Gasteiger partial charge in [0.25, 0.3) is 0 Å². The normalized spacial score (nSPS) is 19.2. The van der Waals surface area contributed by atoms with E-state index in [0.717, 1.165) is 32.5 Å². The average Bonchev–Trinajstić information content (AvgIpc) is 2.55. The summed E-state index contributed by atoms with van der Waals surface area (Å²) in [5, 5.41) is 5.78. The number of nitrogens with one attached hydrogen (secondary N) is 1.